The summed E-state index contributed by atoms with van der Waals surface area (Å²) in [6, 6.07) is 0.854. The van der Waals surface area contributed by atoms with Gasteiger partial charge in [0.05, 0.1) is 5.60 Å². The number of ether oxygens (including phenoxy) is 1. The second-order valence-electron chi connectivity index (χ2n) is 4.78. The van der Waals surface area contributed by atoms with Crippen molar-refractivity contribution in [1.82, 2.24) is 4.90 Å². The molecule has 0 saturated heterocycles. The highest BCUT2D eigenvalue weighted by molar-refractivity contribution is 4.79. The molecule has 2 heteroatoms. The van der Waals surface area contributed by atoms with Crippen molar-refractivity contribution in [2.75, 3.05) is 20.7 Å². The fourth-order valence-corrected chi connectivity index (χ4v) is 1.56. The van der Waals surface area contributed by atoms with Gasteiger partial charge in [-0.15, -0.1) is 0 Å². The van der Waals surface area contributed by atoms with Gasteiger partial charge in [0, 0.05) is 19.7 Å². The Morgan fingerprint density at radius 1 is 1.38 bits per heavy atom. The molecule has 0 aromatic rings. The summed E-state index contributed by atoms with van der Waals surface area (Å²) in [6.45, 7) is 5.47. The molecule has 0 atom stereocenters. The average molecular weight is 185 g/mol. The highest BCUT2D eigenvalue weighted by Gasteiger charge is 2.24. The van der Waals surface area contributed by atoms with Gasteiger partial charge >= 0.3 is 0 Å². The van der Waals surface area contributed by atoms with Crippen LogP contribution < -0.4 is 0 Å². The third-order valence-electron chi connectivity index (χ3n) is 3.32. The van der Waals surface area contributed by atoms with Gasteiger partial charge in [-0.05, 0) is 40.2 Å². The van der Waals surface area contributed by atoms with E-state index in [-0.39, 0.29) is 5.60 Å². The van der Waals surface area contributed by atoms with E-state index in [1.54, 1.807) is 7.11 Å². The predicted molar refractivity (Wildman–Crippen MR) is 56.0 cm³/mol. The zero-order valence-corrected chi connectivity index (χ0v) is 9.47. The van der Waals surface area contributed by atoms with Gasteiger partial charge in [-0.1, -0.05) is 6.42 Å². The molecule has 0 spiro atoms. The van der Waals surface area contributed by atoms with Crippen LogP contribution in [-0.2, 0) is 4.74 Å². The van der Waals surface area contributed by atoms with Crippen LogP contribution in [0.15, 0.2) is 0 Å². The van der Waals surface area contributed by atoms with Crippen LogP contribution in [0.25, 0.3) is 0 Å². The molecule has 13 heavy (non-hydrogen) atoms. The number of hydrogen-bond acceptors (Lipinski definition) is 2. The summed E-state index contributed by atoms with van der Waals surface area (Å²) in [5.74, 6) is 0. The Bertz CT molecular complexity index is 152. The lowest BCUT2D eigenvalue weighted by molar-refractivity contribution is 0.00320. The summed E-state index contributed by atoms with van der Waals surface area (Å²) in [5, 5.41) is 0. The molecule has 0 heterocycles. The minimum absolute atomic E-state index is 0.0397. The van der Waals surface area contributed by atoms with E-state index in [1.165, 1.54) is 19.3 Å². The molecule has 0 aromatic carbocycles. The van der Waals surface area contributed by atoms with Crippen LogP contribution in [0.3, 0.4) is 0 Å². The quantitative estimate of drug-likeness (QED) is 0.651. The van der Waals surface area contributed by atoms with Gasteiger partial charge < -0.3 is 9.64 Å². The summed E-state index contributed by atoms with van der Waals surface area (Å²) in [6.07, 6.45) is 5.33. The molecule has 0 aromatic heterocycles. The Morgan fingerprint density at radius 2 is 2.00 bits per heavy atom. The van der Waals surface area contributed by atoms with Crippen LogP contribution in [0, 0.1) is 0 Å². The Balaban J connectivity index is 2.17. The molecule has 0 unspecified atom stereocenters. The summed E-state index contributed by atoms with van der Waals surface area (Å²) in [4.78, 5) is 2.48. The van der Waals surface area contributed by atoms with Crippen molar-refractivity contribution in [3.63, 3.8) is 0 Å². The van der Waals surface area contributed by atoms with Crippen LogP contribution in [-0.4, -0.2) is 37.2 Å². The molecule has 0 aliphatic heterocycles. The molecular weight excluding hydrogens is 162 g/mol. The Labute approximate surface area is 82.3 Å². The molecule has 0 bridgehead atoms. The van der Waals surface area contributed by atoms with Gasteiger partial charge in [0.1, 0.15) is 0 Å². The minimum Gasteiger partial charge on any atom is -0.379 e. The van der Waals surface area contributed by atoms with Crippen LogP contribution in [0.2, 0.25) is 0 Å². The SMILES string of the molecule is COC(C)(C)CCN(C)C1CCC1. The number of methoxy groups -OCH3 is 1. The van der Waals surface area contributed by atoms with Crippen molar-refractivity contribution in [2.24, 2.45) is 0 Å². The fourth-order valence-electron chi connectivity index (χ4n) is 1.56. The molecule has 1 aliphatic rings. The normalized spacial score (nSPS) is 19.2. The fraction of sp³-hybridized carbons (Fsp3) is 1.00. The molecule has 0 N–H and O–H groups in total. The topological polar surface area (TPSA) is 12.5 Å². The van der Waals surface area contributed by atoms with Crippen molar-refractivity contribution in [2.45, 2.75) is 51.2 Å². The molecule has 0 radical (unpaired) electrons. The molecular formula is C11H23NO. The first-order valence-corrected chi connectivity index (χ1v) is 5.30. The monoisotopic (exact) mass is 185 g/mol. The molecule has 1 aliphatic carbocycles. The van der Waals surface area contributed by atoms with E-state index in [9.17, 15) is 0 Å². The van der Waals surface area contributed by atoms with Gasteiger partial charge in [0.2, 0.25) is 0 Å². The van der Waals surface area contributed by atoms with E-state index in [0.717, 1.165) is 19.0 Å². The number of hydrogen-bond donors (Lipinski definition) is 0. The zero-order valence-electron chi connectivity index (χ0n) is 9.47. The van der Waals surface area contributed by atoms with Gasteiger partial charge in [-0.2, -0.15) is 0 Å². The Hall–Kier alpha value is -0.0800. The number of nitrogens with zero attached hydrogens (tertiary/aromatic N) is 1. The first-order chi connectivity index (χ1) is 6.05. The second kappa shape index (κ2) is 4.43. The van der Waals surface area contributed by atoms with Crippen molar-refractivity contribution in [3.05, 3.63) is 0 Å². The van der Waals surface area contributed by atoms with Crippen molar-refractivity contribution in [1.29, 1.82) is 0 Å². The zero-order chi connectivity index (χ0) is 9.90. The van der Waals surface area contributed by atoms with Gasteiger partial charge in [-0.3, -0.25) is 0 Å². The van der Waals surface area contributed by atoms with E-state index < -0.39 is 0 Å². The van der Waals surface area contributed by atoms with E-state index >= 15 is 0 Å². The summed E-state index contributed by atoms with van der Waals surface area (Å²) in [7, 11) is 4.03. The summed E-state index contributed by atoms with van der Waals surface area (Å²) < 4.78 is 5.39. The van der Waals surface area contributed by atoms with Crippen molar-refractivity contribution < 1.29 is 4.74 Å². The predicted octanol–water partition coefficient (Wildman–Crippen LogP) is 2.29. The summed E-state index contributed by atoms with van der Waals surface area (Å²) in [5.41, 5.74) is 0.0397. The van der Waals surface area contributed by atoms with E-state index in [0.29, 0.717) is 0 Å². The van der Waals surface area contributed by atoms with E-state index in [2.05, 4.69) is 25.8 Å². The lowest BCUT2D eigenvalue weighted by atomic mass is 9.91. The lowest BCUT2D eigenvalue weighted by Crippen LogP contribution is -2.40. The first kappa shape index (κ1) is 11.0. The van der Waals surface area contributed by atoms with Crippen molar-refractivity contribution in [3.8, 4) is 0 Å². The molecule has 1 rings (SSSR count). The van der Waals surface area contributed by atoms with Crippen LogP contribution >= 0.6 is 0 Å². The molecule has 1 saturated carbocycles. The smallest absolute Gasteiger partial charge is 0.0634 e. The Kier molecular flexibility index (Phi) is 3.74. The third-order valence-corrected chi connectivity index (χ3v) is 3.32. The van der Waals surface area contributed by atoms with Gasteiger partial charge in [0.15, 0.2) is 0 Å². The van der Waals surface area contributed by atoms with Gasteiger partial charge in [-0.25, -0.2) is 0 Å². The lowest BCUT2D eigenvalue weighted by Gasteiger charge is -2.36. The molecule has 2 nitrogen and oxygen atoms in total. The maximum absolute atomic E-state index is 5.39. The van der Waals surface area contributed by atoms with Gasteiger partial charge in [0.25, 0.3) is 0 Å². The minimum atomic E-state index is 0.0397. The first-order valence-electron chi connectivity index (χ1n) is 5.30. The highest BCUT2D eigenvalue weighted by Crippen LogP contribution is 2.24. The third kappa shape index (κ3) is 3.28. The molecule has 0 amide bonds. The standard InChI is InChI=1S/C11H23NO/c1-11(2,13-4)8-9-12(3)10-6-5-7-10/h10H,5-9H2,1-4H3. The van der Waals surface area contributed by atoms with Crippen LogP contribution in [0.1, 0.15) is 39.5 Å². The van der Waals surface area contributed by atoms with E-state index in [4.69, 9.17) is 4.74 Å². The highest BCUT2D eigenvalue weighted by atomic mass is 16.5. The molecule has 78 valence electrons. The maximum Gasteiger partial charge on any atom is 0.0634 e. The van der Waals surface area contributed by atoms with Crippen molar-refractivity contribution >= 4 is 0 Å². The van der Waals surface area contributed by atoms with Crippen LogP contribution in [0.5, 0.6) is 0 Å². The Morgan fingerprint density at radius 3 is 2.38 bits per heavy atom. The molecule has 1 fully saturated rings. The summed E-state index contributed by atoms with van der Waals surface area (Å²) >= 11 is 0. The number of rotatable bonds is 5. The average Bonchev–Trinajstić information content (AvgIpc) is 1.98. The van der Waals surface area contributed by atoms with Crippen LogP contribution in [0.4, 0.5) is 0 Å². The second-order valence-corrected chi connectivity index (χ2v) is 4.78. The van der Waals surface area contributed by atoms with E-state index in [1.807, 2.05) is 0 Å². The largest absolute Gasteiger partial charge is 0.379 e. The maximum atomic E-state index is 5.39.